The molecule has 0 amide bonds. The van der Waals surface area contributed by atoms with Gasteiger partial charge >= 0.3 is 0 Å². The van der Waals surface area contributed by atoms with E-state index in [0.29, 0.717) is 12.0 Å². The number of aryl methyl sites for hydroxylation is 2. The Kier molecular flexibility index (Phi) is 2.41. The fraction of sp³-hybridized carbons (Fsp3) is 0.667. The topological polar surface area (TPSA) is 21.8 Å². The third kappa shape index (κ3) is 1.43. The highest BCUT2D eigenvalue weighted by molar-refractivity contribution is 5.48. The van der Waals surface area contributed by atoms with Gasteiger partial charge in [-0.1, -0.05) is 13.0 Å². The summed E-state index contributed by atoms with van der Waals surface area (Å²) in [5.41, 5.74) is 4.71. The first-order valence-corrected chi connectivity index (χ1v) is 7.85. The lowest BCUT2D eigenvalue weighted by atomic mass is 9.55. The van der Waals surface area contributed by atoms with Crippen molar-refractivity contribution >= 4 is 0 Å². The van der Waals surface area contributed by atoms with Crippen molar-refractivity contribution in [3.63, 3.8) is 0 Å². The second kappa shape index (κ2) is 3.79. The summed E-state index contributed by atoms with van der Waals surface area (Å²) in [6.07, 6.45) is 5.43. The third-order valence-corrected chi connectivity index (χ3v) is 6.30. The molecule has 1 saturated heterocycles. The summed E-state index contributed by atoms with van der Waals surface area (Å²) in [4.78, 5) is 0. The molecule has 2 fully saturated rings. The quantitative estimate of drug-likeness (QED) is 0.726. The van der Waals surface area contributed by atoms with Crippen molar-refractivity contribution in [2.75, 3.05) is 7.11 Å². The van der Waals surface area contributed by atoms with Crippen LogP contribution in [-0.4, -0.2) is 18.8 Å². The molecule has 20 heavy (non-hydrogen) atoms. The van der Waals surface area contributed by atoms with E-state index in [4.69, 9.17) is 9.47 Å². The van der Waals surface area contributed by atoms with Gasteiger partial charge in [0.15, 0.2) is 0 Å². The number of epoxide rings is 1. The molecular formula is C18H24O2. The van der Waals surface area contributed by atoms with Crippen molar-refractivity contribution in [2.45, 2.75) is 63.6 Å². The minimum Gasteiger partial charge on any atom is -0.496 e. The molecule has 2 nitrogen and oxygen atoms in total. The summed E-state index contributed by atoms with van der Waals surface area (Å²) in [6, 6.07) is 4.65. The zero-order valence-corrected chi connectivity index (χ0v) is 13.0. The van der Waals surface area contributed by atoms with Crippen LogP contribution in [0.5, 0.6) is 5.75 Å². The van der Waals surface area contributed by atoms with Gasteiger partial charge in [-0.05, 0) is 73.6 Å². The van der Waals surface area contributed by atoms with Crippen LogP contribution in [0.25, 0.3) is 0 Å². The van der Waals surface area contributed by atoms with Crippen LogP contribution in [-0.2, 0) is 16.6 Å². The van der Waals surface area contributed by atoms with E-state index in [1.807, 2.05) is 0 Å². The highest BCUT2D eigenvalue weighted by Gasteiger charge is 2.66. The van der Waals surface area contributed by atoms with Crippen molar-refractivity contribution in [3.8, 4) is 5.75 Å². The van der Waals surface area contributed by atoms with Gasteiger partial charge < -0.3 is 9.47 Å². The Morgan fingerprint density at radius 3 is 2.80 bits per heavy atom. The summed E-state index contributed by atoms with van der Waals surface area (Å²) >= 11 is 0. The van der Waals surface area contributed by atoms with Crippen LogP contribution in [0.3, 0.4) is 0 Å². The molecule has 2 aliphatic carbocycles. The first-order chi connectivity index (χ1) is 9.49. The van der Waals surface area contributed by atoms with Crippen LogP contribution in [0.1, 0.15) is 49.8 Å². The standard InChI is InChI=1S/C18H24O2/c1-11-9-12-5-6-15-17(2,13(12)10-14(11)19-4)8-7-16-18(15,3)20-16/h9-10,15-16H,5-8H2,1-4H3/t15?,16-,17-,18+/m1/s1. The van der Waals surface area contributed by atoms with E-state index in [9.17, 15) is 0 Å². The molecule has 1 heterocycles. The second-order valence-electron chi connectivity index (χ2n) is 7.32. The van der Waals surface area contributed by atoms with Crippen LogP contribution in [0.15, 0.2) is 12.1 Å². The van der Waals surface area contributed by atoms with Gasteiger partial charge in [-0.3, -0.25) is 0 Å². The predicted molar refractivity (Wildman–Crippen MR) is 79.4 cm³/mol. The van der Waals surface area contributed by atoms with Gasteiger partial charge in [0.05, 0.1) is 18.8 Å². The minimum atomic E-state index is 0.142. The van der Waals surface area contributed by atoms with Crippen LogP contribution >= 0.6 is 0 Å². The van der Waals surface area contributed by atoms with Gasteiger partial charge in [0.1, 0.15) is 5.75 Å². The van der Waals surface area contributed by atoms with Crippen molar-refractivity contribution in [2.24, 2.45) is 5.92 Å². The number of fused-ring (bicyclic) bond motifs is 5. The molecular weight excluding hydrogens is 248 g/mol. The molecule has 4 rings (SSSR count). The predicted octanol–water partition coefficient (Wildman–Crippen LogP) is 3.78. The summed E-state index contributed by atoms with van der Waals surface area (Å²) in [6.45, 7) is 6.93. The number of benzene rings is 1. The Bertz CT molecular complexity index is 579. The normalized spacial score (nSPS) is 41.4. The van der Waals surface area contributed by atoms with Crippen LogP contribution in [0, 0.1) is 12.8 Å². The lowest BCUT2D eigenvalue weighted by molar-refractivity contribution is 0.124. The molecule has 1 aliphatic heterocycles. The van der Waals surface area contributed by atoms with Gasteiger partial charge in [0, 0.05) is 0 Å². The summed E-state index contributed by atoms with van der Waals surface area (Å²) < 4.78 is 11.6. The van der Waals surface area contributed by atoms with Crippen molar-refractivity contribution in [1.82, 2.24) is 0 Å². The largest absolute Gasteiger partial charge is 0.496 e. The zero-order chi connectivity index (χ0) is 14.1. The Hall–Kier alpha value is -1.02. The van der Waals surface area contributed by atoms with E-state index < -0.39 is 0 Å². The molecule has 108 valence electrons. The van der Waals surface area contributed by atoms with Crippen LogP contribution in [0.2, 0.25) is 0 Å². The summed E-state index contributed by atoms with van der Waals surface area (Å²) in [5, 5.41) is 0. The van der Waals surface area contributed by atoms with E-state index in [0.717, 1.165) is 5.75 Å². The molecule has 1 saturated carbocycles. The summed E-state index contributed by atoms with van der Waals surface area (Å²) in [7, 11) is 1.78. The van der Waals surface area contributed by atoms with Crippen molar-refractivity contribution in [3.05, 3.63) is 28.8 Å². The molecule has 2 heteroatoms. The van der Waals surface area contributed by atoms with Gasteiger partial charge in [-0.25, -0.2) is 0 Å². The molecule has 0 N–H and O–H groups in total. The van der Waals surface area contributed by atoms with E-state index in [-0.39, 0.29) is 11.0 Å². The van der Waals surface area contributed by atoms with Gasteiger partial charge in [0.2, 0.25) is 0 Å². The van der Waals surface area contributed by atoms with Crippen molar-refractivity contribution < 1.29 is 9.47 Å². The highest BCUT2D eigenvalue weighted by Crippen LogP contribution is 2.62. The Morgan fingerprint density at radius 2 is 2.05 bits per heavy atom. The monoisotopic (exact) mass is 272 g/mol. The Balaban J connectivity index is 1.85. The Morgan fingerprint density at radius 1 is 1.25 bits per heavy atom. The maximum atomic E-state index is 6.06. The molecule has 1 unspecified atom stereocenters. The molecule has 0 bridgehead atoms. The first-order valence-electron chi connectivity index (χ1n) is 7.85. The maximum absolute atomic E-state index is 6.06. The number of methoxy groups -OCH3 is 1. The highest BCUT2D eigenvalue weighted by atomic mass is 16.6. The average Bonchev–Trinajstić information content (AvgIpc) is 3.09. The molecule has 0 aromatic heterocycles. The Labute approximate surface area is 121 Å². The molecule has 0 spiro atoms. The van der Waals surface area contributed by atoms with Gasteiger partial charge in [-0.15, -0.1) is 0 Å². The average molecular weight is 272 g/mol. The number of ether oxygens (including phenoxy) is 2. The van der Waals surface area contributed by atoms with Crippen molar-refractivity contribution in [1.29, 1.82) is 0 Å². The van der Waals surface area contributed by atoms with Crippen LogP contribution < -0.4 is 4.74 Å². The first kappa shape index (κ1) is 12.7. The number of hydrogen-bond acceptors (Lipinski definition) is 2. The molecule has 1 aromatic carbocycles. The maximum Gasteiger partial charge on any atom is 0.122 e. The molecule has 0 radical (unpaired) electrons. The minimum absolute atomic E-state index is 0.142. The number of rotatable bonds is 1. The van der Waals surface area contributed by atoms with Gasteiger partial charge in [0.25, 0.3) is 0 Å². The van der Waals surface area contributed by atoms with E-state index >= 15 is 0 Å². The molecule has 4 atom stereocenters. The van der Waals surface area contributed by atoms with E-state index in [2.05, 4.69) is 32.9 Å². The summed E-state index contributed by atoms with van der Waals surface area (Å²) in [5.74, 6) is 1.70. The third-order valence-electron chi connectivity index (χ3n) is 6.30. The molecule has 3 aliphatic rings. The lowest BCUT2D eigenvalue weighted by Gasteiger charge is -2.48. The number of hydrogen-bond donors (Lipinski definition) is 0. The lowest BCUT2D eigenvalue weighted by Crippen LogP contribution is -2.48. The van der Waals surface area contributed by atoms with E-state index in [1.165, 1.54) is 42.4 Å². The van der Waals surface area contributed by atoms with E-state index in [1.54, 1.807) is 7.11 Å². The van der Waals surface area contributed by atoms with Crippen LogP contribution in [0.4, 0.5) is 0 Å². The smallest absolute Gasteiger partial charge is 0.122 e. The van der Waals surface area contributed by atoms with Gasteiger partial charge in [-0.2, -0.15) is 0 Å². The zero-order valence-electron chi connectivity index (χ0n) is 13.0. The SMILES string of the molecule is COc1cc2c(cc1C)CCC1[C@]3(C)O[C@@H]3CC[C@]21C. The fourth-order valence-corrected chi connectivity index (χ4v) is 5.10. The fourth-order valence-electron chi connectivity index (χ4n) is 5.10. The molecule has 1 aromatic rings. The second-order valence-corrected chi connectivity index (χ2v) is 7.32.